The van der Waals surface area contributed by atoms with Gasteiger partial charge in [0.25, 0.3) is 0 Å². The van der Waals surface area contributed by atoms with Gasteiger partial charge in [-0.05, 0) is 0 Å². The van der Waals surface area contributed by atoms with Gasteiger partial charge in [-0.15, -0.1) is 0 Å². The van der Waals surface area contributed by atoms with Crippen LogP contribution in [0, 0.1) is 5.92 Å². The SMILES string of the molecule is CC(=O)OI1C=C[C@@H](C)C1. The second-order valence-corrected chi connectivity index (χ2v) is 6.42. The van der Waals surface area contributed by atoms with Crippen molar-refractivity contribution < 1.29 is 7.86 Å². The van der Waals surface area contributed by atoms with Gasteiger partial charge in [-0.3, -0.25) is 0 Å². The van der Waals surface area contributed by atoms with E-state index in [4.69, 9.17) is 3.07 Å². The minimum atomic E-state index is -1.39. The molecule has 1 rings (SSSR count). The van der Waals surface area contributed by atoms with E-state index in [9.17, 15) is 4.79 Å². The number of allylic oxidation sites excluding steroid dienone is 1. The molecule has 0 aliphatic carbocycles. The minimum absolute atomic E-state index is 0.121. The predicted molar refractivity (Wildman–Crippen MR) is 49.0 cm³/mol. The van der Waals surface area contributed by atoms with Crippen LogP contribution in [0.2, 0.25) is 0 Å². The maximum absolute atomic E-state index is 10.5. The van der Waals surface area contributed by atoms with Gasteiger partial charge in [-0.1, -0.05) is 0 Å². The monoisotopic (exact) mass is 254 g/mol. The van der Waals surface area contributed by atoms with Gasteiger partial charge in [0.2, 0.25) is 0 Å². The van der Waals surface area contributed by atoms with Crippen LogP contribution in [0.1, 0.15) is 13.8 Å². The summed E-state index contributed by atoms with van der Waals surface area (Å²) in [6, 6.07) is 0. The van der Waals surface area contributed by atoms with Crippen molar-refractivity contribution in [3.8, 4) is 0 Å². The molecule has 3 heteroatoms. The summed E-state index contributed by atoms with van der Waals surface area (Å²) in [6.45, 7) is 3.63. The Morgan fingerprint density at radius 2 is 2.50 bits per heavy atom. The Bertz CT molecular complexity index is 165. The van der Waals surface area contributed by atoms with Crippen molar-refractivity contribution in [3.63, 3.8) is 0 Å². The number of rotatable bonds is 1. The van der Waals surface area contributed by atoms with E-state index in [0.717, 1.165) is 4.43 Å². The zero-order chi connectivity index (χ0) is 7.56. The number of alkyl halides is 1. The Hall–Kier alpha value is -0.0600. The standard InChI is InChI=1S/C7H11IO2/c1-6-3-4-8(5-6)10-7(2)9/h3-4,6H,5H2,1-2H3/t6-/m1/s1. The van der Waals surface area contributed by atoms with Crippen LogP contribution in [0.5, 0.6) is 0 Å². The molecule has 0 unspecified atom stereocenters. The summed E-state index contributed by atoms with van der Waals surface area (Å²) < 4.78 is 8.32. The van der Waals surface area contributed by atoms with Crippen LogP contribution < -0.4 is 0 Å². The van der Waals surface area contributed by atoms with E-state index in [-0.39, 0.29) is 5.97 Å². The van der Waals surface area contributed by atoms with E-state index in [0.29, 0.717) is 5.92 Å². The Balaban J connectivity index is 2.33. The molecule has 1 heterocycles. The molecule has 2 nitrogen and oxygen atoms in total. The molecule has 0 aromatic heterocycles. The molecule has 0 fully saturated rings. The Labute approximate surface area is 68.6 Å². The fourth-order valence-electron chi connectivity index (χ4n) is 0.745. The van der Waals surface area contributed by atoms with E-state index in [2.05, 4.69) is 17.1 Å². The van der Waals surface area contributed by atoms with Gasteiger partial charge in [-0.2, -0.15) is 0 Å². The molecule has 0 N–H and O–H groups in total. The molecular weight excluding hydrogens is 243 g/mol. The summed E-state index contributed by atoms with van der Waals surface area (Å²) in [6.07, 6.45) is 2.15. The summed E-state index contributed by atoms with van der Waals surface area (Å²) in [7, 11) is 0. The summed E-state index contributed by atoms with van der Waals surface area (Å²) in [5, 5.41) is 0. The fraction of sp³-hybridized carbons (Fsp3) is 0.571. The van der Waals surface area contributed by atoms with E-state index in [1.165, 1.54) is 6.92 Å². The van der Waals surface area contributed by atoms with E-state index < -0.39 is 20.2 Å². The van der Waals surface area contributed by atoms with Crippen LogP contribution >= 0.6 is 20.2 Å². The number of carbonyl (C=O) groups excluding carboxylic acids is 1. The van der Waals surface area contributed by atoms with Crippen molar-refractivity contribution in [2.45, 2.75) is 13.8 Å². The second kappa shape index (κ2) is 3.37. The van der Waals surface area contributed by atoms with Crippen molar-refractivity contribution in [1.29, 1.82) is 0 Å². The average molecular weight is 254 g/mol. The van der Waals surface area contributed by atoms with Gasteiger partial charge >= 0.3 is 68.4 Å². The van der Waals surface area contributed by atoms with Gasteiger partial charge in [0.15, 0.2) is 0 Å². The first-order valence-electron chi connectivity index (χ1n) is 3.20. The fourth-order valence-corrected chi connectivity index (χ4v) is 5.00. The number of carbonyl (C=O) groups is 1. The molecule has 1 aliphatic heterocycles. The topological polar surface area (TPSA) is 26.3 Å². The van der Waals surface area contributed by atoms with E-state index in [1.54, 1.807) is 0 Å². The third kappa shape index (κ3) is 2.28. The quantitative estimate of drug-likeness (QED) is 0.529. The molecule has 0 spiro atoms. The van der Waals surface area contributed by atoms with Crippen LogP contribution in [0.3, 0.4) is 0 Å². The van der Waals surface area contributed by atoms with Gasteiger partial charge in [0.05, 0.1) is 0 Å². The average Bonchev–Trinajstić information content (AvgIpc) is 2.13. The molecule has 1 atom stereocenters. The van der Waals surface area contributed by atoms with Crippen molar-refractivity contribution in [2.75, 3.05) is 4.43 Å². The van der Waals surface area contributed by atoms with Crippen LogP contribution in [-0.2, 0) is 7.86 Å². The zero-order valence-electron chi connectivity index (χ0n) is 6.13. The van der Waals surface area contributed by atoms with Crippen molar-refractivity contribution >= 4 is 26.2 Å². The third-order valence-electron chi connectivity index (χ3n) is 1.15. The first-order valence-corrected chi connectivity index (χ1v) is 6.85. The van der Waals surface area contributed by atoms with Gasteiger partial charge in [-0.25, -0.2) is 0 Å². The Kier molecular flexibility index (Phi) is 2.71. The molecule has 0 saturated heterocycles. The zero-order valence-corrected chi connectivity index (χ0v) is 8.29. The van der Waals surface area contributed by atoms with Crippen LogP contribution in [-0.4, -0.2) is 10.4 Å². The molecule has 0 radical (unpaired) electrons. The van der Waals surface area contributed by atoms with Crippen molar-refractivity contribution in [1.82, 2.24) is 0 Å². The summed E-state index contributed by atoms with van der Waals surface area (Å²) in [4.78, 5) is 10.5. The van der Waals surface area contributed by atoms with Crippen molar-refractivity contribution in [2.24, 2.45) is 5.92 Å². The molecule has 0 bridgehead atoms. The van der Waals surface area contributed by atoms with Crippen molar-refractivity contribution in [3.05, 3.63) is 10.2 Å². The number of halogens is 1. The molecule has 58 valence electrons. The molecule has 1 aliphatic rings. The van der Waals surface area contributed by atoms with Gasteiger partial charge in [0, 0.05) is 0 Å². The Morgan fingerprint density at radius 3 is 2.90 bits per heavy atom. The molecule has 0 saturated carbocycles. The van der Waals surface area contributed by atoms with Crippen LogP contribution in [0.15, 0.2) is 10.2 Å². The molecular formula is C7H11IO2. The summed E-state index contributed by atoms with van der Waals surface area (Å²) in [5.41, 5.74) is 0. The molecule has 10 heavy (non-hydrogen) atoms. The van der Waals surface area contributed by atoms with Crippen LogP contribution in [0.25, 0.3) is 0 Å². The van der Waals surface area contributed by atoms with Gasteiger partial charge in [0.1, 0.15) is 0 Å². The number of hydrogen-bond donors (Lipinski definition) is 0. The number of hydrogen-bond acceptors (Lipinski definition) is 2. The van der Waals surface area contributed by atoms with Gasteiger partial charge < -0.3 is 0 Å². The van der Waals surface area contributed by atoms with E-state index in [1.807, 2.05) is 0 Å². The maximum atomic E-state index is 10.5. The first kappa shape index (κ1) is 8.04. The summed E-state index contributed by atoms with van der Waals surface area (Å²) >= 11 is -1.39. The normalized spacial score (nSPS) is 27.0. The van der Waals surface area contributed by atoms with Crippen LogP contribution in [0.4, 0.5) is 0 Å². The third-order valence-corrected chi connectivity index (χ3v) is 5.81. The first-order chi connectivity index (χ1) is 4.68. The Morgan fingerprint density at radius 1 is 1.80 bits per heavy atom. The predicted octanol–water partition coefficient (Wildman–Crippen LogP) is 2.13. The summed E-state index contributed by atoms with van der Waals surface area (Å²) in [5.74, 6) is 0.508. The molecule has 0 aromatic carbocycles. The van der Waals surface area contributed by atoms with E-state index >= 15 is 0 Å². The second-order valence-electron chi connectivity index (χ2n) is 2.37. The molecule has 0 amide bonds. The molecule has 0 aromatic rings.